The maximum atomic E-state index is 14.4. The third-order valence-electron chi connectivity index (χ3n) is 5.10. The van der Waals surface area contributed by atoms with Crippen molar-refractivity contribution in [2.45, 2.75) is 38.1 Å². The van der Waals surface area contributed by atoms with Crippen LogP contribution in [0.3, 0.4) is 0 Å². The molecular formula is C25H23FN4O2S. The molecule has 0 atom stereocenters. The molecule has 0 spiro atoms. The largest absolute Gasteiger partial charge is 0.307 e. The Morgan fingerprint density at radius 1 is 1.09 bits per heavy atom. The van der Waals surface area contributed by atoms with Crippen LogP contribution in [0.4, 0.5) is 4.39 Å². The first kappa shape index (κ1) is 22.6. The Balaban J connectivity index is 1.97. The average Bonchev–Trinajstić information content (AvgIpc) is 3.06. The molecular weight excluding hydrogens is 439 g/mol. The van der Waals surface area contributed by atoms with Gasteiger partial charge in [0.2, 0.25) is 10.0 Å². The van der Waals surface area contributed by atoms with Crippen LogP contribution in [0.5, 0.6) is 0 Å². The zero-order chi connectivity index (χ0) is 24.0. The van der Waals surface area contributed by atoms with Gasteiger partial charge in [-0.15, -0.1) is 0 Å². The minimum atomic E-state index is -3.76. The van der Waals surface area contributed by atoms with Crippen LogP contribution in [0.1, 0.15) is 31.9 Å². The van der Waals surface area contributed by atoms with Crippen LogP contribution in [0.15, 0.2) is 65.7 Å². The molecule has 0 saturated heterocycles. The summed E-state index contributed by atoms with van der Waals surface area (Å²) in [7, 11) is -3.76. The van der Waals surface area contributed by atoms with E-state index in [9.17, 15) is 18.1 Å². The lowest BCUT2D eigenvalue weighted by atomic mass is 10.1. The third kappa shape index (κ3) is 4.25. The molecule has 0 aliphatic heterocycles. The monoisotopic (exact) mass is 462 g/mol. The van der Waals surface area contributed by atoms with Gasteiger partial charge in [0.15, 0.2) is 0 Å². The van der Waals surface area contributed by atoms with E-state index in [0.717, 1.165) is 5.69 Å². The molecule has 2 aromatic carbocycles. The minimum absolute atomic E-state index is 0.0175. The van der Waals surface area contributed by atoms with Crippen molar-refractivity contribution in [3.8, 4) is 23.1 Å². The number of aromatic nitrogens is 2. The Kier molecular flexibility index (Phi) is 5.56. The first-order chi connectivity index (χ1) is 15.5. The number of hydrogen-bond acceptors (Lipinski definition) is 4. The second-order valence-corrected chi connectivity index (χ2v) is 10.5. The van der Waals surface area contributed by atoms with E-state index in [1.54, 1.807) is 39.8 Å². The standard InChI is InChI=1S/C25H23FN4O2S/c1-16-12-23-19(13-21(16)26)20(14-27)24(30(23)17-8-6-5-7-9-17)22-11-10-18(15-28-22)33(31,32)29-25(2,3)4/h5-13,15,29H,1-4H3. The Morgan fingerprint density at radius 2 is 1.79 bits per heavy atom. The predicted molar refractivity (Wildman–Crippen MR) is 126 cm³/mol. The second kappa shape index (κ2) is 8.10. The van der Waals surface area contributed by atoms with E-state index < -0.39 is 21.4 Å². The third-order valence-corrected chi connectivity index (χ3v) is 6.85. The van der Waals surface area contributed by atoms with Crippen LogP contribution < -0.4 is 4.72 Å². The molecule has 168 valence electrons. The van der Waals surface area contributed by atoms with Gasteiger partial charge in [0.05, 0.1) is 22.5 Å². The van der Waals surface area contributed by atoms with E-state index in [4.69, 9.17) is 0 Å². The summed E-state index contributed by atoms with van der Waals surface area (Å²) in [5, 5.41) is 10.5. The first-order valence-electron chi connectivity index (χ1n) is 10.3. The fourth-order valence-electron chi connectivity index (χ4n) is 3.75. The van der Waals surface area contributed by atoms with E-state index in [1.807, 2.05) is 34.9 Å². The van der Waals surface area contributed by atoms with Gasteiger partial charge in [-0.3, -0.25) is 4.98 Å². The van der Waals surface area contributed by atoms with E-state index in [-0.39, 0.29) is 10.5 Å². The highest BCUT2D eigenvalue weighted by atomic mass is 32.2. The average molecular weight is 463 g/mol. The number of nitrogens with one attached hydrogen (secondary N) is 1. The van der Waals surface area contributed by atoms with Gasteiger partial charge in [-0.25, -0.2) is 17.5 Å². The van der Waals surface area contributed by atoms with Crippen LogP contribution in [0.25, 0.3) is 28.0 Å². The molecule has 0 amide bonds. The van der Waals surface area contributed by atoms with Gasteiger partial charge >= 0.3 is 0 Å². The fraction of sp³-hybridized carbons (Fsp3) is 0.200. The number of benzene rings is 2. The Labute approximate surface area is 192 Å². The number of halogens is 1. The molecule has 4 rings (SSSR count). The number of sulfonamides is 1. The summed E-state index contributed by atoms with van der Waals surface area (Å²) in [4.78, 5) is 4.41. The van der Waals surface area contributed by atoms with Crippen molar-refractivity contribution in [3.05, 3.63) is 77.7 Å². The Bertz CT molecular complexity index is 1500. The molecule has 4 aromatic rings. The molecule has 2 aromatic heterocycles. The number of pyridine rings is 1. The first-order valence-corrected chi connectivity index (χ1v) is 11.8. The number of rotatable bonds is 4. The van der Waals surface area contributed by atoms with Gasteiger partial charge in [0.25, 0.3) is 0 Å². The van der Waals surface area contributed by atoms with E-state index >= 15 is 0 Å². The lowest BCUT2D eigenvalue weighted by Gasteiger charge is -2.20. The molecule has 33 heavy (non-hydrogen) atoms. The van der Waals surface area contributed by atoms with Gasteiger partial charge < -0.3 is 4.57 Å². The molecule has 2 heterocycles. The van der Waals surface area contributed by atoms with Crippen molar-refractivity contribution < 1.29 is 12.8 Å². The van der Waals surface area contributed by atoms with Crippen LogP contribution in [-0.4, -0.2) is 23.5 Å². The van der Waals surface area contributed by atoms with E-state index in [0.29, 0.717) is 27.9 Å². The Hall–Kier alpha value is -3.54. The lowest BCUT2D eigenvalue weighted by Crippen LogP contribution is -2.40. The Morgan fingerprint density at radius 3 is 2.36 bits per heavy atom. The summed E-state index contributed by atoms with van der Waals surface area (Å²) in [6.45, 7) is 6.93. The lowest BCUT2D eigenvalue weighted by molar-refractivity contribution is 0.491. The fourth-order valence-corrected chi connectivity index (χ4v) is 5.12. The van der Waals surface area contributed by atoms with Gasteiger partial charge in [-0.05, 0) is 69.7 Å². The number of nitrogens with zero attached hydrogens (tertiary/aromatic N) is 3. The van der Waals surface area contributed by atoms with Crippen LogP contribution in [0.2, 0.25) is 0 Å². The molecule has 0 fully saturated rings. The quantitative estimate of drug-likeness (QED) is 0.458. The van der Waals surface area contributed by atoms with Crippen molar-refractivity contribution in [1.29, 1.82) is 5.26 Å². The van der Waals surface area contributed by atoms with Gasteiger partial charge in [-0.1, -0.05) is 18.2 Å². The maximum absolute atomic E-state index is 14.4. The minimum Gasteiger partial charge on any atom is -0.307 e. The molecule has 0 aliphatic carbocycles. The summed E-state index contributed by atoms with van der Waals surface area (Å²) in [5.74, 6) is -0.404. The summed E-state index contributed by atoms with van der Waals surface area (Å²) in [6, 6.07) is 17.7. The molecule has 0 radical (unpaired) electrons. The summed E-state index contributed by atoms with van der Waals surface area (Å²) < 4.78 is 44.2. The van der Waals surface area contributed by atoms with E-state index in [1.165, 1.54) is 18.3 Å². The topological polar surface area (TPSA) is 87.8 Å². The highest BCUT2D eigenvalue weighted by Crippen LogP contribution is 2.36. The molecule has 1 N–H and O–H groups in total. The van der Waals surface area contributed by atoms with Gasteiger partial charge in [0, 0.05) is 22.8 Å². The summed E-state index contributed by atoms with van der Waals surface area (Å²) >= 11 is 0. The van der Waals surface area contributed by atoms with Crippen LogP contribution in [-0.2, 0) is 10.0 Å². The van der Waals surface area contributed by atoms with Crippen molar-refractivity contribution in [1.82, 2.24) is 14.3 Å². The van der Waals surface area contributed by atoms with Crippen LogP contribution >= 0.6 is 0 Å². The second-order valence-electron chi connectivity index (χ2n) is 8.86. The zero-order valence-electron chi connectivity index (χ0n) is 18.7. The van der Waals surface area contributed by atoms with Crippen molar-refractivity contribution in [2.24, 2.45) is 0 Å². The number of nitriles is 1. The number of para-hydroxylation sites is 1. The number of aryl methyl sites for hydroxylation is 1. The molecule has 6 nitrogen and oxygen atoms in total. The molecule has 8 heteroatoms. The number of fused-ring (bicyclic) bond motifs is 1. The van der Waals surface area contributed by atoms with Gasteiger partial charge in [-0.2, -0.15) is 5.26 Å². The van der Waals surface area contributed by atoms with Crippen molar-refractivity contribution in [2.75, 3.05) is 0 Å². The molecule has 0 bridgehead atoms. The predicted octanol–water partition coefficient (Wildman–Crippen LogP) is 5.09. The smallest absolute Gasteiger partial charge is 0.242 e. The zero-order valence-corrected chi connectivity index (χ0v) is 19.5. The SMILES string of the molecule is Cc1cc2c(cc1F)c(C#N)c(-c1ccc(S(=O)(=O)NC(C)(C)C)cn1)n2-c1ccccc1. The van der Waals surface area contributed by atoms with Gasteiger partial charge in [0.1, 0.15) is 16.8 Å². The van der Waals surface area contributed by atoms with E-state index in [2.05, 4.69) is 15.8 Å². The van der Waals surface area contributed by atoms with Crippen LogP contribution in [0, 0.1) is 24.1 Å². The van der Waals surface area contributed by atoms with Crippen molar-refractivity contribution >= 4 is 20.9 Å². The summed E-state index contributed by atoms with van der Waals surface area (Å²) in [5.41, 5.74) is 2.39. The highest BCUT2D eigenvalue weighted by Gasteiger charge is 2.25. The number of hydrogen-bond donors (Lipinski definition) is 1. The normalized spacial score (nSPS) is 12.1. The molecule has 0 aliphatic rings. The molecule has 0 unspecified atom stereocenters. The molecule has 0 saturated carbocycles. The maximum Gasteiger partial charge on any atom is 0.242 e. The highest BCUT2D eigenvalue weighted by molar-refractivity contribution is 7.89. The summed E-state index contributed by atoms with van der Waals surface area (Å²) in [6.07, 6.45) is 1.27. The van der Waals surface area contributed by atoms with Crippen molar-refractivity contribution in [3.63, 3.8) is 0 Å².